The third-order valence-corrected chi connectivity index (χ3v) is 6.35. The zero-order chi connectivity index (χ0) is 14.3. The van der Waals surface area contributed by atoms with Gasteiger partial charge in [0.05, 0.1) is 9.16 Å². The van der Waals surface area contributed by atoms with Gasteiger partial charge in [0.1, 0.15) is 0 Å². The Labute approximate surface area is 136 Å². The predicted molar refractivity (Wildman–Crippen MR) is 93.1 cm³/mol. The molecule has 20 heavy (non-hydrogen) atoms. The van der Waals surface area contributed by atoms with Crippen LogP contribution in [-0.2, 0) is 0 Å². The van der Waals surface area contributed by atoms with Crippen molar-refractivity contribution in [1.29, 1.82) is 0 Å². The minimum atomic E-state index is -0.101. The van der Waals surface area contributed by atoms with E-state index in [1.807, 2.05) is 0 Å². The van der Waals surface area contributed by atoms with Crippen LogP contribution in [0.25, 0.3) is 10.8 Å². The SMILES string of the molecule is Cc1cc(C(Cl)c2c(C)ccc3ccccc23)sc1Br. The van der Waals surface area contributed by atoms with Crippen molar-refractivity contribution < 1.29 is 0 Å². The fraction of sp³-hybridized carbons (Fsp3) is 0.176. The maximum absolute atomic E-state index is 6.79. The van der Waals surface area contributed by atoms with Gasteiger partial charge < -0.3 is 0 Å². The van der Waals surface area contributed by atoms with Gasteiger partial charge in [-0.2, -0.15) is 0 Å². The van der Waals surface area contributed by atoms with Crippen molar-refractivity contribution in [3.63, 3.8) is 0 Å². The highest BCUT2D eigenvalue weighted by Gasteiger charge is 2.19. The van der Waals surface area contributed by atoms with E-state index in [1.54, 1.807) is 11.3 Å². The molecule has 0 fully saturated rings. The molecule has 0 aliphatic carbocycles. The van der Waals surface area contributed by atoms with Crippen molar-refractivity contribution in [2.45, 2.75) is 19.2 Å². The van der Waals surface area contributed by atoms with Crippen molar-refractivity contribution in [2.75, 3.05) is 0 Å². The molecule has 0 spiro atoms. The lowest BCUT2D eigenvalue weighted by molar-refractivity contribution is 1.17. The zero-order valence-electron chi connectivity index (χ0n) is 11.3. The Morgan fingerprint density at radius 2 is 1.80 bits per heavy atom. The van der Waals surface area contributed by atoms with E-state index in [1.165, 1.54) is 32.3 Å². The van der Waals surface area contributed by atoms with E-state index in [-0.39, 0.29) is 5.38 Å². The van der Waals surface area contributed by atoms with Crippen LogP contribution in [0.4, 0.5) is 0 Å². The topological polar surface area (TPSA) is 0 Å². The Bertz CT molecular complexity index is 756. The Balaban J connectivity index is 2.20. The Morgan fingerprint density at radius 3 is 2.50 bits per heavy atom. The van der Waals surface area contributed by atoms with Crippen LogP contribution in [0, 0.1) is 13.8 Å². The third-order valence-electron chi connectivity index (χ3n) is 3.57. The molecule has 3 aromatic rings. The van der Waals surface area contributed by atoms with Crippen LogP contribution in [0.3, 0.4) is 0 Å². The molecular formula is C17H14BrClS. The van der Waals surface area contributed by atoms with Gasteiger partial charge in [0.25, 0.3) is 0 Å². The molecule has 0 amide bonds. The lowest BCUT2D eigenvalue weighted by Crippen LogP contribution is -1.96. The lowest BCUT2D eigenvalue weighted by Gasteiger charge is -2.15. The summed E-state index contributed by atoms with van der Waals surface area (Å²) in [6, 6.07) is 14.9. The quantitative estimate of drug-likeness (QED) is 0.448. The zero-order valence-corrected chi connectivity index (χ0v) is 14.4. The summed E-state index contributed by atoms with van der Waals surface area (Å²) in [6.45, 7) is 4.23. The second-order valence-corrected chi connectivity index (χ2v) is 7.82. The summed E-state index contributed by atoms with van der Waals surface area (Å²) in [5, 5.41) is 2.39. The van der Waals surface area contributed by atoms with E-state index < -0.39 is 0 Å². The van der Waals surface area contributed by atoms with Crippen LogP contribution in [-0.4, -0.2) is 0 Å². The summed E-state index contributed by atoms with van der Waals surface area (Å²) in [5.74, 6) is 0. The predicted octanol–water partition coefficient (Wildman–Crippen LogP) is 6.61. The molecule has 3 rings (SSSR count). The standard InChI is InChI=1S/C17H14BrClS/c1-10-7-8-12-5-3-4-6-13(12)15(10)16(19)14-9-11(2)17(18)20-14/h3-9,16H,1-2H3. The van der Waals surface area contributed by atoms with Crippen LogP contribution in [0.15, 0.2) is 46.3 Å². The molecule has 3 heteroatoms. The first kappa shape index (κ1) is 14.1. The number of hydrogen-bond acceptors (Lipinski definition) is 1. The Kier molecular flexibility index (Phi) is 3.89. The number of alkyl halides is 1. The summed E-state index contributed by atoms with van der Waals surface area (Å²) < 4.78 is 1.16. The first-order chi connectivity index (χ1) is 9.58. The largest absolute Gasteiger partial charge is 0.131 e. The lowest BCUT2D eigenvalue weighted by atomic mass is 9.96. The van der Waals surface area contributed by atoms with Gasteiger partial charge in [0.15, 0.2) is 0 Å². The van der Waals surface area contributed by atoms with Gasteiger partial charge in [-0.05, 0) is 63.3 Å². The molecule has 0 aliphatic rings. The molecule has 2 aromatic carbocycles. The van der Waals surface area contributed by atoms with Crippen molar-refractivity contribution in [3.8, 4) is 0 Å². The fourth-order valence-electron chi connectivity index (χ4n) is 2.49. The summed E-state index contributed by atoms with van der Waals surface area (Å²) in [5.41, 5.74) is 3.71. The molecule has 1 atom stereocenters. The molecule has 1 unspecified atom stereocenters. The van der Waals surface area contributed by atoms with Gasteiger partial charge in [0.2, 0.25) is 0 Å². The van der Waals surface area contributed by atoms with E-state index in [9.17, 15) is 0 Å². The van der Waals surface area contributed by atoms with Crippen molar-refractivity contribution in [1.82, 2.24) is 0 Å². The molecule has 1 heterocycles. The van der Waals surface area contributed by atoms with Crippen LogP contribution < -0.4 is 0 Å². The first-order valence-corrected chi connectivity index (χ1v) is 8.50. The minimum absolute atomic E-state index is 0.101. The summed E-state index contributed by atoms with van der Waals surface area (Å²) >= 11 is 12.1. The molecule has 102 valence electrons. The van der Waals surface area contributed by atoms with Gasteiger partial charge in [0, 0.05) is 4.88 Å². The monoisotopic (exact) mass is 364 g/mol. The van der Waals surface area contributed by atoms with Crippen molar-refractivity contribution in [3.05, 3.63) is 67.8 Å². The maximum atomic E-state index is 6.79. The number of rotatable bonds is 2. The second-order valence-electron chi connectivity index (χ2n) is 4.99. The van der Waals surface area contributed by atoms with E-state index in [4.69, 9.17) is 11.6 Å². The summed E-state index contributed by atoms with van der Waals surface area (Å²) in [7, 11) is 0. The molecule has 0 saturated heterocycles. The highest BCUT2D eigenvalue weighted by atomic mass is 79.9. The molecule has 0 bridgehead atoms. The van der Waals surface area contributed by atoms with Gasteiger partial charge >= 0.3 is 0 Å². The second kappa shape index (κ2) is 5.51. The number of hydrogen-bond donors (Lipinski definition) is 0. The molecule has 0 N–H and O–H groups in total. The van der Waals surface area contributed by atoms with Gasteiger partial charge in [-0.15, -0.1) is 22.9 Å². The molecule has 0 aliphatic heterocycles. The van der Waals surface area contributed by atoms with Crippen LogP contribution in [0.5, 0.6) is 0 Å². The Hall–Kier alpha value is -0.830. The van der Waals surface area contributed by atoms with Gasteiger partial charge in [-0.3, -0.25) is 0 Å². The average molecular weight is 366 g/mol. The summed E-state index contributed by atoms with van der Waals surface area (Å²) in [6.07, 6.45) is 0. The number of fused-ring (bicyclic) bond motifs is 1. The van der Waals surface area contributed by atoms with Crippen LogP contribution in [0.1, 0.15) is 26.9 Å². The molecule has 0 nitrogen and oxygen atoms in total. The van der Waals surface area contributed by atoms with E-state index in [2.05, 4.69) is 72.2 Å². The van der Waals surface area contributed by atoms with Crippen LogP contribution in [0.2, 0.25) is 0 Å². The summed E-state index contributed by atoms with van der Waals surface area (Å²) in [4.78, 5) is 1.19. The van der Waals surface area contributed by atoms with E-state index in [0.29, 0.717) is 0 Å². The van der Waals surface area contributed by atoms with E-state index >= 15 is 0 Å². The number of aryl methyl sites for hydroxylation is 2. The number of halogens is 2. The number of thiophene rings is 1. The smallest absolute Gasteiger partial charge is 0.0936 e. The van der Waals surface area contributed by atoms with Gasteiger partial charge in [-0.25, -0.2) is 0 Å². The molecule has 1 aromatic heterocycles. The van der Waals surface area contributed by atoms with E-state index in [0.717, 1.165) is 3.79 Å². The average Bonchev–Trinajstić information content (AvgIpc) is 2.78. The fourth-order valence-corrected chi connectivity index (χ4v) is 4.54. The molecule has 0 saturated carbocycles. The number of benzene rings is 2. The van der Waals surface area contributed by atoms with Crippen molar-refractivity contribution >= 4 is 49.6 Å². The normalized spacial score (nSPS) is 12.8. The highest BCUT2D eigenvalue weighted by molar-refractivity contribution is 9.11. The highest BCUT2D eigenvalue weighted by Crippen LogP contribution is 2.41. The third kappa shape index (κ3) is 2.41. The molecular weight excluding hydrogens is 352 g/mol. The van der Waals surface area contributed by atoms with Gasteiger partial charge in [-0.1, -0.05) is 36.4 Å². The minimum Gasteiger partial charge on any atom is -0.131 e. The Morgan fingerprint density at radius 1 is 1.05 bits per heavy atom. The maximum Gasteiger partial charge on any atom is 0.0936 e. The van der Waals surface area contributed by atoms with Crippen molar-refractivity contribution in [2.24, 2.45) is 0 Å². The first-order valence-electron chi connectivity index (χ1n) is 6.46. The van der Waals surface area contributed by atoms with Crippen LogP contribution >= 0.6 is 38.9 Å². The molecule has 0 radical (unpaired) electrons.